The molecule has 0 N–H and O–H groups in total. The van der Waals surface area contributed by atoms with Crippen molar-refractivity contribution in [3.05, 3.63) is 59.4 Å². The van der Waals surface area contributed by atoms with Crippen molar-refractivity contribution in [2.45, 2.75) is 20.0 Å². The van der Waals surface area contributed by atoms with Gasteiger partial charge in [0.25, 0.3) is 0 Å². The van der Waals surface area contributed by atoms with Gasteiger partial charge in [0.1, 0.15) is 0 Å². The molecule has 0 aromatic heterocycles. The Morgan fingerprint density at radius 2 is 1.68 bits per heavy atom. The molecule has 5 heteroatoms. The van der Waals surface area contributed by atoms with Crippen LogP contribution in [0.4, 0.5) is 0 Å². The second kappa shape index (κ2) is 7.45. The lowest BCUT2D eigenvalue weighted by atomic mass is 9.97. The summed E-state index contributed by atoms with van der Waals surface area (Å²) in [7, 11) is 0. The van der Waals surface area contributed by atoms with Gasteiger partial charge in [0.2, 0.25) is 0 Å². The maximum Gasteiger partial charge on any atom is 0.341 e. The maximum absolute atomic E-state index is 12.2. The molecular formula is C17H18O5. The third kappa shape index (κ3) is 3.55. The number of benzene rings is 1. The molecule has 0 fully saturated rings. The van der Waals surface area contributed by atoms with E-state index in [1.807, 2.05) is 30.3 Å². The Morgan fingerprint density at radius 3 is 2.32 bits per heavy atom. The number of carbonyl (C=O) groups is 2. The minimum Gasteiger partial charge on any atom is -0.487 e. The van der Waals surface area contributed by atoms with Crippen LogP contribution in [0.25, 0.3) is 0 Å². The third-order valence-corrected chi connectivity index (χ3v) is 3.05. The van der Waals surface area contributed by atoms with Crippen LogP contribution in [0.2, 0.25) is 0 Å². The Morgan fingerprint density at radius 1 is 1.05 bits per heavy atom. The lowest BCUT2D eigenvalue weighted by molar-refractivity contribution is -0.140. The Kier molecular flexibility index (Phi) is 5.36. The predicted molar refractivity (Wildman–Crippen MR) is 79.7 cm³/mol. The van der Waals surface area contributed by atoms with E-state index < -0.39 is 18.0 Å². The van der Waals surface area contributed by atoms with Gasteiger partial charge in [-0.15, -0.1) is 0 Å². The first-order valence-electron chi connectivity index (χ1n) is 7.13. The molecule has 1 aromatic rings. The quantitative estimate of drug-likeness (QED) is 0.783. The van der Waals surface area contributed by atoms with Gasteiger partial charge in [-0.2, -0.15) is 0 Å². The summed E-state index contributed by atoms with van der Waals surface area (Å²) in [6.45, 7) is 3.93. The first-order valence-corrected chi connectivity index (χ1v) is 7.13. The van der Waals surface area contributed by atoms with Crippen molar-refractivity contribution >= 4 is 11.9 Å². The summed E-state index contributed by atoms with van der Waals surface area (Å²) in [4.78, 5) is 24.0. The summed E-state index contributed by atoms with van der Waals surface area (Å²) >= 11 is 0. The predicted octanol–water partition coefficient (Wildman–Crippen LogP) is 2.69. The second-order valence-electron chi connectivity index (χ2n) is 4.54. The van der Waals surface area contributed by atoms with Crippen LogP contribution >= 0.6 is 0 Å². The van der Waals surface area contributed by atoms with Gasteiger partial charge in [0.15, 0.2) is 6.10 Å². The van der Waals surface area contributed by atoms with Gasteiger partial charge < -0.3 is 14.2 Å². The lowest BCUT2D eigenvalue weighted by Crippen LogP contribution is -2.21. The van der Waals surface area contributed by atoms with E-state index in [4.69, 9.17) is 14.2 Å². The molecular weight excluding hydrogens is 284 g/mol. The zero-order chi connectivity index (χ0) is 15.9. The Bertz CT molecular complexity index is 601. The molecule has 0 amide bonds. The van der Waals surface area contributed by atoms with Crippen LogP contribution in [-0.4, -0.2) is 25.2 Å². The fourth-order valence-corrected chi connectivity index (χ4v) is 2.08. The second-order valence-corrected chi connectivity index (χ2v) is 4.54. The highest BCUT2D eigenvalue weighted by atomic mass is 16.5. The maximum atomic E-state index is 12.2. The molecule has 1 aromatic carbocycles. The molecule has 1 aliphatic rings. The van der Waals surface area contributed by atoms with Gasteiger partial charge in [0, 0.05) is 0 Å². The van der Waals surface area contributed by atoms with Crippen molar-refractivity contribution in [2.24, 2.45) is 0 Å². The van der Waals surface area contributed by atoms with E-state index in [0.717, 1.165) is 5.56 Å². The van der Waals surface area contributed by atoms with E-state index in [1.54, 1.807) is 13.8 Å². The Balaban J connectivity index is 2.32. The molecule has 0 saturated carbocycles. The molecule has 0 radical (unpaired) electrons. The molecule has 1 heterocycles. The van der Waals surface area contributed by atoms with Crippen LogP contribution in [0.15, 0.2) is 53.8 Å². The highest BCUT2D eigenvalue weighted by molar-refractivity contribution is 5.97. The molecule has 0 aliphatic carbocycles. The average Bonchev–Trinajstić information content (AvgIpc) is 2.55. The van der Waals surface area contributed by atoms with Crippen LogP contribution in [0.3, 0.4) is 0 Å². The summed E-state index contributed by atoms with van der Waals surface area (Å²) in [5.74, 6) is -1.04. The van der Waals surface area contributed by atoms with E-state index >= 15 is 0 Å². The largest absolute Gasteiger partial charge is 0.487 e. The molecule has 116 valence electrons. The van der Waals surface area contributed by atoms with Crippen molar-refractivity contribution in [3.63, 3.8) is 0 Å². The molecule has 2 rings (SSSR count). The van der Waals surface area contributed by atoms with Gasteiger partial charge in [0.05, 0.1) is 30.6 Å². The molecule has 1 atom stereocenters. The van der Waals surface area contributed by atoms with Gasteiger partial charge in [-0.1, -0.05) is 30.3 Å². The van der Waals surface area contributed by atoms with Crippen LogP contribution in [0.1, 0.15) is 25.5 Å². The minimum absolute atomic E-state index is 0.192. The zero-order valence-corrected chi connectivity index (χ0v) is 12.6. The van der Waals surface area contributed by atoms with Gasteiger partial charge in [-0.05, 0) is 25.5 Å². The molecule has 22 heavy (non-hydrogen) atoms. The van der Waals surface area contributed by atoms with Gasteiger partial charge in [-0.3, -0.25) is 0 Å². The van der Waals surface area contributed by atoms with Crippen molar-refractivity contribution in [2.75, 3.05) is 13.2 Å². The highest BCUT2D eigenvalue weighted by Gasteiger charge is 2.29. The SMILES string of the molecule is CCOC(=O)C1=COC(c2ccccc2)C(C(=O)OCC)=C1. The van der Waals surface area contributed by atoms with Crippen molar-refractivity contribution in [3.8, 4) is 0 Å². The smallest absolute Gasteiger partial charge is 0.341 e. The van der Waals surface area contributed by atoms with E-state index in [0.29, 0.717) is 0 Å². The average molecular weight is 302 g/mol. The lowest BCUT2D eigenvalue weighted by Gasteiger charge is -2.23. The summed E-state index contributed by atoms with van der Waals surface area (Å²) in [6.07, 6.45) is 2.19. The third-order valence-electron chi connectivity index (χ3n) is 3.05. The Hall–Kier alpha value is -2.56. The number of esters is 2. The molecule has 1 aliphatic heterocycles. The molecule has 1 unspecified atom stereocenters. The fourth-order valence-electron chi connectivity index (χ4n) is 2.08. The number of carbonyl (C=O) groups excluding carboxylic acids is 2. The van der Waals surface area contributed by atoms with Crippen LogP contribution < -0.4 is 0 Å². The number of ether oxygens (including phenoxy) is 3. The van der Waals surface area contributed by atoms with Gasteiger partial charge >= 0.3 is 11.9 Å². The molecule has 0 bridgehead atoms. The van der Waals surface area contributed by atoms with Crippen molar-refractivity contribution < 1.29 is 23.8 Å². The minimum atomic E-state index is -0.599. The number of hydrogen-bond donors (Lipinski definition) is 0. The summed E-state index contributed by atoms with van der Waals surface area (Å²) in [5, 5.41) is 0. The van der Waals surface area contributed by atoms with Crippen LogP contribution in [-0.2, 0) is 23.8 Å². The topological polar surface area (TPSA) is 61.8 Å². The van der Waals surface area contributed by atoms with Gasteiger partial charge in [-0.25, -0.2) is 9.59 Å². The molecule has 0 spiro atoms. The monoisotopic (exact) mass is 302 g/mol. The first-order chi connectivity index (χ1) is 10.7. The zero-order valence-electron chi connectivity index (χ0n) is 12.6. The first kappa shape index (κ1) is 15.8. The summed E-state index contributed by atoms with van der Waals surface area (Å²) < 4.78 is 15.6. The van der Waals surface area contributed by atoms with E-state index in [1.165, 1.54) is 12.3 Å². The van der Waals surface area contributed by atoms with E-state index in [-0.39, 0.29) is 24.4 Å². The Labute approximate surface area is 129 Å². The fraction of sp³-hybridized carbons (Fsp3) is 0.294. The van der Waals surface area contributed by atoms with Crippen molar-refractivity contribution in [1.29, 1.82) is 0 Å². The van der Waals surface area contributed by atoms with Crippen LogP contribution in [0, 0.1) is 0 Å². The van der Waals surface area contributed by atoms with Crippen LogP contribution in [0.5, 0.6) is 0 Å². The number of hydrogen-bond acceptors (Lipinski definition) is 5. The van der Waals surface area contributed by atoms with Crippen molar-refractivity contribution in [1.82, 2.24) is 0 Å². The summed E-state index contributed by atoms with van der Waals surface area (Å²) in [6, 6.07) is 9.28. The standard InChI is InChI=1S/C17H18O5/c1-3-20-16(18)13-10-14(17(19)21-4-2)15(22-11-13)12-8-6-5-7-9-12/h5-11,15H,3-4H2,1-2H3. The normalized spacial score (nSPS) is 16.9. The highest BCUT2D eigenvalue weighted by Crippen LogP contribution is 2.32. The molecule has 0 saturated heterocycles. The molecule has 5 nitrogen and oxygen atoms in total. The number of rotatable bonds is 5. The van der Waals surface area contributed by atoms with E-state index in [2.05, 4.69) is 0 Å². The summed E-state index contributed by atoms with van der Waals surface area (Å²) in [5.41, 5.74) is 1.27. The van der Waals surface area contributed by atoms with E-state index in [9.17, 15) is 9.59 Å².